The second kappa shape index (κ2) is 4.00. The van der Waals surface area contributed by atoms with Gasteiger partial charge < -0.3 is 10.6 Å². The minimum atomic E-state index is 0.349. The summed E-state index contributed by atoms with van der Waals surface area (Å²) >= 11 is 0. The van der Waals surface area contributed by atoms with Gasteiger partial charge in [0.05, 0.1) is 0 Å². The third-order valence-electron chi connectivity index (χ3n) is 3.37. The van der Waals surface area contributed by atoms with Crippen molar-refractivity contribution >= 4 is 11.5 Å². The van der Waals surface area contributed by atoms with Crippen LogP contribution in [0.25, 0.3) is 5.65 Å². The van der Waals surface area contributed by atoms with Crippen molar-refractivity contribution in [1.29, 1.82) is 0 Å². The van der Waals surface area contributed by atoms with E-state index in [1.165, 1.54) is 5.56 Å². The molecule has 1 aliphatic rings. The molecule has 0 aliphatic carbocycles. The average Bonchev–Trinajstić information content (AvgIpc) is 2.77. The molecule has 17 heavy (non-hydrogen) atoms. The van der Waals surface area contributed by atoms with Crippen molar-refractivity contribution in [1.82, 2.24) is 14.6 Å². The van der Waals surface area contributed by atoms with Gasteiger partial charge in [0.1, 0.15) is 12.1 Å². The Morgan fingerprint density at radius 3 is 2.82 bits per heavy atom. The van der Waals surface area contributed by atoms with Crippen LogP contribution < -0.4 is 10.6 Å². The molecule has 0 spiro atoms. The van der Waals surface area contributed by atoms with E-state index in [1.54, 1.807) is 6.33 Å². The fraction of sp³-hybridized carbons (Fsp3) is 0.500. The SMILES string of the molecule is Cc1cc(N2CCC(N)CC2)n2ncnc2c1. The average molecular weight is 231 g/mol. The molecule has 2 aromatic heterocycles. The van der Waals surface area contributed by atoms with E-state index in [2.05, 4.69) is 28.0 Å². The Morgan fingerprint density at radius 1 is 1.29 bits per heavy atom. The highest BCUT2D eigenvalue weighted by atomic mass is 15.4. The number of hydrogen-bond donors (Lipinski definition) is 1. The number of hydrogen-bond acceptors (Lipinski definition) is 4. The van der Waals surface area contributed by atoms with E-state index in [1.807, 2.05) is 10.6 Å². The zero-order chi connectivity index (χ0) is 11.8. The van der Waals surface area contributed by atoms with Crippen molar-refractivity contribution in [3.8, 4) is 0 Å². The largest absolute Gasteiger partial charge is 0.356 e. The van der Waals surface area contributed by atoms with Gasteiger partial charge in [0.15, 0.2) is 5.65 Å². The molecule has 0 aromatic carbocycles. The highest BCUT2D eigenvalue weighted by Crippen LogP contribution is 2.21. The van der Waals surface area contributed by atoms with Crippen molar-refractivity contribution in [3.05, 3.63) is 24.0 Å². The molecule has 1 aliphatic heterocycles. The van der Waals surface area contributed by atoms with E-state index < -0.39 is 0 Å². The first-order valence-corrected chi connectivity index (χ1v) is 6.05. The Kier molecular flexibility index (Phi) is 2.48. The smallest absolute Gasteiger partial charge is 0.157 e. The van der Waals surface area contributed by atoms with Crippen molar-refractivity contribution in [2.45, 2.75) is 25.8 Å². The predicted octanol–water partition coefficient (Wildman–Crippen LogP) is 0.965. The van der Waals surface area contributed by atoms with Crippen molar-refractivity contribution in [2.24, 2.45) is 5.73 Å². The molecule has 0 bridgehead atoms. The molecule has 2 N–H and O–H groups in total. The monoisotopic (exact) mass is 231 g/mol. The summed E-state index contributed by atoms with van der Waals surface area (Å²) in [6.45, 7) is 4.09. The maximum Gasteiger partial charge on any atom is 0.157 e. The number of nitrogens with two attached hydrogens (primary N) is 1. The Hall–Kier alpha value is -1.62. The maximum atomic E-state index is 5.94. The number of fused-ring (bicyclic) bond motifs is 1. The first-order valence-electron chi connectivity index (χ1n) is 6.05. The molecule has 1 fully saturated rings. The van der Waals surface area contributed by atoms with Gasteiger partial charge in [0.25, 0.3) is 0 Å². The van der Waals surface area contributed by atoms with Crippen molar-refractivity contribution in [3.63, 3.8) is 0 Å². The molecule has 0 amide bonds. The summed E-state index contributed by atoms with van der Waals surface area (Å²) in [5, 5.41) is 4.29. The van der Waals surface area contributed by atoms with E-state index in [0.29, 0.717) is 6.04 Å². The zero-order valence-electron chi connectivity index (χ0n) is 10.0. The van der Waals surface area contributed by atoms with Crippen LogP contribution in [0, 0.1) is 6.92 Å². The van der Waals surface area contributed by atoms with E-state index in [-0.39, 0.29) is 0 Å². The Bertz CT molecular complexity index is 525. The van der Waals surface area contributed by atoms with E-state index in [0.717, 1.165) is 37.4 Å². The first kappa shape index (κ1) is 10.5. The molecule has 3 heterocycles. The van der Waals surface area contributed by atoms with Gasteiger partial charge in [0.2, 0.25) is 0 Å². The van der Waals surface area contributed by atoms with E-state index in [9.17, 15) is 0 Å². The number of aromatic nitrogens is 3. The molecule has 0 atom stereocenters. The topological polar surface area (TPSA) is 59.5 Å². The molecule has 5 nitrogen and oxygen atoms in total. The van der Waals surface area contributed by atoms with Gasteiger partial charge in [0, 0.05) is 19.1 Å². The fourth-order valence-electron chi connectivity index (χ4n) is 2.39. The van der Waals surface area contributed by atoms with Crippen LogP contribution in [0.1, 0.15) is 18.4 Å². The molecule has 0 unspecified atom stereocenters. The highest BCUT2D eigenvalue weighted by molar-refractivity contribution is 5.53. The van der Waals surface area contributed by atoms with Crippen LogP contribution in [0.3, 0.4) is 0 Å². The number of piperidine rings is 1. The van der Waals surface area contributed by atoms with Crippen LogP contribution in [-0.4, -0.2) is 33.7 Å². The third kappa shape index (κ3) is 1.86. The Balaban J connectivity index is 2.01. The molecule has 5 heteroatoms. The molecule has 2 aromatic rings. The summed E-state index contributed by atoms with van der Waals surface area (Å²) in [6.07, 6.45) is 3.70. The Morgan fingerprint density at radius 2 is 2.06 bits per heavy atom. The Labute approximate surface area is 100 Å². The molecule has 90 valence electrons. The number of rotatable bonds is 1. The highest BCUT2D eigenvalue weighted by Gasteiger charge is 2.19. The minimum Gasteiger partial charge on any atom is -0.356 e. The molecule has 0 saturated carbocycles. The summed E-state index contributed by atoms with van der Waals surface area (Å²) in [4.78, 5) is 6.60. The minimum absolute atomic E-state index is 0.349. The number of nitrogens with zero attached hydrogens (tertiary/aromatic N) is 4. The van der Waals surface area contributed by atoms with Crippen molar-refractivity contribution in [2.75, 3.05) is 18.0 Å². The number of pyridine rings is 1. The van der Waals surface area contributed by atoms with Crippen LogP contribution in [0.4, 0.5) is 5.82 Å². The van der Waals surface area contributed by atoms with Gasteiger partial charge in [-0.05, 0) is 37.5 Å². The number of aryl methyl sites for hydroxylation is 1. The second-order valence-electron chi connectivity index (χ2n) is 4.75. The lowest BCUT2D eigenvalue weighted by Gasteiger charge is -2.32. The predicted molar refractivity (Wildman–Crippen MR) is 67.1 cm³/mol. The van der Waals surface area contributed by atoms with Crippen LogP contribution in [0.15, 0.2) is 18.5 Å². The van der Waals surface area contributed by atoms with Crippen LogP contribution >= 0.6 is 0 Å². The van der Waals surface area contributed by atoms with Gasteiger partial charge >= 0.3 is 0 Å². The van der Waals surface area contributed by atoms with Crippen LogP contribution in [-0.2, 0) is 0 Å². The van der Waals surface area contributed by atoms with E-state index >= 15 is 0 Å². The summed E-state index contributed by atoms with van der Waals surface area (Å²) < 4.78 is 1.91. The van der Waals surface area contributed by atoms with Gasteiger partial charge in [-0.25, -0.2) is 4.98 Å². The summed E-state index contributed by atoms with van der Waals surface area (Å²) in [5.74, 6) is 1.13. The molecular formula is C12H17N5. The molecular weight excluding hydrogens is 214 g/mol. The summed E-state index contributed by atoms with van der Waals surface area (Å²) in [5.41, 5.74) is 8.07. The van der Waals surface area contributed by atoms with Gasteiger partial charge in [-0.3, -0.25) is 0 Å². The standard InChI is InChI=1S/C12H17N5/c1-9-6-11-14-8-15-17(11)12(7-9)16-4-2-10(13)3-5-16/h6-8,10H,2-5,13H2,1H3. The van der Waals surface area contributed by atoms with Gasteiger partial charge in [-0.15, -0.1) is 0 Å². The van der Waals surface area contributed by atoms with Crippen molar-refractivity contribution < 1.29 is 0 Å². The maximum absolute atomic E-state index is 5.94. The zero-order valence-corrected chi connectivity index (χ0v) is 10.0. The van der Waals surface area contributed by atoms with E-state index in [4.69, 9.17) is 5.73 Å². The molecule has 1 saturated heterocycles. The quantitative estimate of drug-likeness (QED) is 0.794. The number of anilines is 1. The summed E-state index contributed by atoms with van der Waals surface area (Å²) in [7, 11) is 0. The summed E-state index contributed by atoms with van der Waals surface area (Å²) in [6, 6.07) is 4.56. The van der Waals surface area contributed by atoms with Crippen LogP contribution in [0.2, 0.25) is 0 Å². The van der Waals surface area contributed by atoms with Gasteiger partial charge in [-0.1, -0.05) is 0 Å². The second-order valence-corrected chi connectivity index (χ2v) is 4.75. The van der Waals surface area contributed by atoms with Crippen LogP contribution in [0.5, 0.6) is 0 Å². The fourth-order valence-corrected chi connectivity index (χ4v) is 2.39. The lowest BCUT2D eigenvalue weighted by atomic mass is 10.1. The molecule has 3 rings (SSSR count). The lowest BCUT2D eigenvalue weighted by molar-refractivity contribution is 0.496. The molecule has 0 radical (unpaired) electrons. The van der Waals surface area contributed by atoms with Gasteiger partial charge in [-0.2, -0.15) is 9.61 Å². The third-order valence-corrected chi connectivity index (χ3v) is 3.37. The normalized spacial score (nSPS) is 17.9. The lowest BCUT2D eigenvalue weighted by Crippen LogP contribution is -2.40. The first-order chi connectivity index (χ1) is 8.24.